The molecular formula is C10H11FIN. The third-order valence-electron chi connectivity index (χ3n) is 2.46. The van der Waals surface area contributed by atoms with Crippen LogP contribution in [0.4, 0.5) is 4.39 Å². The summed E-state index contributed by atoms with van der Waals surface area (Å²) in [4.78, 5) is 0. The van der Waals surface area contributed by atoms with Gasteiger partial charge in [0.1, 0.15) is 5.82 Å². The second kappa shape index (κ2) is 3.92. The van der Waals surface area contributed by atoms with Crippen LogP contribution in [0.2, 0.25) is 0 Å². The highest BCUT2D eigenvalue weighted by Gasteiger charge is 2.21. The number of hydrogen-bond donors (Lipinski definition) is 0. The van der Waals surface area contributed by atoms with Gasteiger partial charge in [-0.1, -0.05) is 12.1 Å². The van der Waals surface area contributed by atoms with Crippen molar-refractivity contribution in [2.24, 2.45) is 0 Å². The summed E-state index contributed by atoms with van der Waals surface area (Å²) in [5, 5.41) is 0. The minimum absolute atomic E-state index is 0.121. The van der Waals surface area contributed by atoms with Crippen LogP contribution in [0.1, 0.15) is 17.9 Å². The first-order chi connectivity index (χ1) is 6.25. The fourth-order valence-electron chi connectivity index (χ4n) is 1.75. The standard InChI is InChI=1S/C10H11FIN/c11-10-3-1-2-8(6-10)9-4-5-13(12)7-9/h1-3,6,9H,4-5,7H2. The van der Waals surface area contributed by atoms with Crippen molar-refractivity contribution in [3.63, 3.8) is 0 Å². The number of nitrogens with zero attached hydrogens (tertiary/aromatic N) is 1. The van der Waals surface area contributed by atoms with Gasteiger partial charge in [0.25, 0.3) is 0 Å². The van der Waals surface area contributed by atoms with Crippen LogP contribution in [0.5, 0.6) is 0 Å². The molecule has 0 saturated carbocycles. The molecule has 0 amide bonds. The summed E-state index contributed by atoms with van der Waals surface area (Å²) in [7, 11) is 0. The van der Waals surface area contributed by atoms with Crippen molar-refractivity contribution >= 4 is 22.9 Å². The summed E-state index contributed by atoms with van der Waals surface area (Å²) in [6.07, 6.45) is 1.15. The van der Waals surface area contributed by atoms with Gasteiger partial charge in [0, 0.05) is 36.0 Å². The van der Waals surface area contributed by atoms with Gasteiger partial charge in [-0.25, -0.2) is 7.50 Å². The highest BCUT2D eigenvalue weighted by Crippen LogP contribution is 2.29. The van der Waals surface area contributed by atoms with Gasteiger partial charge in [0.15, 0.2) is 0 Å². The topological polar surface area (TPSA) is 3.24 Å². The Morgan fingerprint density at radius 3 is 2.92 bits per heavy atom. The maximum absolute atomic E-state index is 12.9. The molecule has 70 valence electrons. The molecule has 1 unspecified atom stereocenters. The molecule has 1 fully saturated rings. The molecule has 0 radical (unpaired) electrons. The Bertz CT molecular complexity index is 303. The lowest BCUT2D eigenvalue weighted by molar-refractivity contribution is 0.609. The van der Waals surface area contributed by atoms with Gasteiger partial charge >= 0.3 is 0 Å². The Kier molecular flexibility index (Phi) is 2.83. The van der Waals surface area contributed by atoms with Gasteiger partial charge in [-0.2, -0.15) is 0 Å². The van der Waals surface area contributed by atoms with E-state index in [-0.39, 0.29) is 5.82 Å². The zero-order valence-electron chi connectivity index (χ0n) is 7.21. The summed E-state index contributed by atoms with van der Waals surface area (Å²) in [5.74, 6) is 0.400. The number of hydrogen-bond acceptors (Lipinski definition) is 1. The average molecular weight is 291 g/mol. The fraction of sp³-hybridized carbons (Fsp3) is 0.400. The number of rotatable bonds is 1. The zero-order chi connectivity index (χ0) is 9.26. The van der Waals surface area contributed by atoms with Crippen molar-refractivity contribution in [1.82, 2.24) is 3.11 Å². The van der Waals surface area contributed by atoms with E-state index < -0.39 is 0 Å². The molecule has 1 atom stereocenters. The van der Waals surface area contributed by atoms with Gasteiger partial charge in [-0.05, 0) is 30.0 Å². The Morgan fingerprint density at radius 1 is 1.46 bits per heavy atom. The maximum Gasteiger partial charge on any atom is 0.123 e. The quantitative estimate of drug-likeness (QED) is 0.568. The van der Waals surface area contributed by atoms with Crippen molar-refractivity contribution < 1.29 is 4.39 Å². The summed E-state index contributed by atoms with van der Waals surface area (Å²) in [6, 6.07) is 6.96. The Hall–Kier alpha value is -0.160. The molecule has 0 bridgehead atoms. The molecule has 1 aromatic rings. The third kappa shape index (κ3) is 2.20. The minimum atomic E-state index is -0.121. The second-order valence-electron chi connectivity index (χ2n) is 3.41. The van der Waals surface area contributed by atoms with Crippen LogP contribution in [0, 0.1) is 5.82 Å². The van der Waals surface area contributed by atoms with E-state index in [1.807, 2.05) is 6.07 Å². The smallest absolute Gasteiger partial charge is 0.123 e. The molecule has 1 aliphatic heterocycles. The largest absolute Gasteiger partial charge is 0.247 e. The molecular weight excluding hydrogens is 280 g/mol. The van der Waals surface area contributed by atoms with Crippen molar-refractivity contribution in [3.05, 3.63) is 35.6 Å². The van der Waals surface area contributed by atoms with Crippen molar-refractivity contribution in [3.8, 4) is 0 Å². The molecule has 2 rings (SSSR count). The summed E-state index contributed by atoms with van der Waals surface area (Å²) in [6.45, 7) is 2.16. The van der Waals surface area contributed by atoms with Crippen LogP contribution in [-0.2, 0) is 0 Å². The first kappa shape index (κ1) is 9.40. The van der Waals surface area contributed by atoms with Gasteiger partial charge in [-0.3, -0.25) is 0 Å². The molecule has 0 N–H and O–H groups in total. The van der Waals surface area contributed by atoms with Crippen molar-refractivity contribution in [2.75, 3.05) is 13.1 Å². The molecule has 1 saturated heterocycles. The summed E-state index contributed by atoms with van der Waals surface area (Å²) >= 11 is 2.32. The molecule has 0 aromatic heterocycles. The van der Waals surface area contributed by atoms with E-state index in [0.29, 0.717) is 5.92 Å². The van der Waals surface area contributed by atoms with Gasteiger partial charge < -0.3 is 0 Å². The fourth-order valence-corrected chi connectivity index (χ4v) is 2.50. The van der Waals surface area contributed by atoms with E-state index in [2.05, 4.69) is 26.0 Å². The average Bonchev–Trinajstić information content (AvgIpc) is 2.52. The number of benzene rings is 1. The van der Waals surface area contributed by atoms with Crippen LogP contribution in [0.25, 0.3) is 0 Å². The summed E-state index contributed by atoms with van der Waals surface area (Å²) in [5.41, 5.74) is 1.14. The SMILES string of the molecule is Fc1cccc(C2CCN(I)C2)c1. The van der Waals surface area contributed by atoms with Crippen LogP contribution in [0.3, 0.4) is 0 Å². The van der Waals surface area contributed by atoms with E-state index in [0.717, 1.165) is 25.1 Å². The molecule has 0 aliphatic carbocycles. The third-order valence-corrected chi connectivity index (χ3v) is 3.34. The predicted octanol–water partition coefficient (Wildman–Crippen LogP) is 2.97. The second-order valence-corrected chi connectivity index (χ2v) is 4.77. The van der Waals surface area contributed by atoms with Gasteiger partial charge in [0.05, 0.1) is 0 Å². The van der Waals surface area contributed by atoms with E-state index in [1.54, 1.807) is 12.1 Å². The van der Waals surface area contributed by atoms with Gasteiger partial charge in [0.2, 0.25) is 0 Å². The lowest BCUT2D eigenvalue weighted by Crippen LogP contribution is -2.06. The monoisotopic (exact) mass is 291 g/mol. The first-order valence-corrected chi connectivity index (χ1v) is 5.38. The lowest BCUT2D eigenvalue weighted by atomic mass is 9.99. The lowest BCUT2D eigenvalue weighted by Gasteiger charge is -2.09. The van der Waals surface area contributed by atoms with Gasteiger partial charge in [-0.15, -0.1) is 0 Å². The Labute approximate surface area is 91.4 Å². The Morgan fingerprint density at radius 2 is 2.31 bits per heavy atom. The van der Waals surface area contributed by atoms with Crippen LogP contribution < -0.4 is 0 Å². The highest BCUT2D eigenvalue weighted by atomic mass is 127. The van der Waals surface area contributed by atoms with Crippen molar-refractivity contribution in [1.29, 1.82) is 0 Å². The van der Waals surface area contributed by atoms with Crippen LogP contribution in [0.15, 0.2) is 24.3 Å². The van der Waals surface area contributed by atoms with E-state index >= 15 is 0 Å². The first-order valence-electron chi connectivity index (χ1n) is 4.42. The predicted molar refractivity (Wildman–Crippen MR) is 59.4 cm³/mol. The summed E-state index contributed by atoms with van der Waals surface area (Å²) < 4.78 is 15.2. The van der Waals surface area contributed by atoms with E-state index in [4.69, 9.17) is 0 Å². The molecule has 1 heterocycles. The minimum Gasteiger partial charge on any atom is -0.247 e. The molecule has 3 heteroatoms. The van der Waals surface area contributed by atoms with Crippen molar-refractivity contribution in [2.45, 2.75) is 12.3 Å². The van der Waals surface area contributed by atoms with Crippen LogP contribution in [-0.4, -0.2) is 16.2 Å². The number of halogens is 2. The maximum atomic E-state index is 12.9. The molecule has 0 spiro atoms. The molecule has 13 heavy (non-hydrogen) atoms. The Balaban J connectivity index is 2.16. The molecule has 1 nitrogen and oxygen atoms in total. The zero-order valence-corrected chi connectivity index (χ0v) is 9.37. The molecule has 1 aromatic carbocycles. The molecule has 1 aliphatic rings. The highest BCUT2D eigenvalue weighted by molar-refractivity contribution is 14.1. The van der Waals surface area contributed by atoms with Crippen LogP contribution >= 0.6 is 22.9 Å². The van der Waals surface area contributed by atoms with E-state index in [1.165, 1.54) is 6.07 Å². The normalized spacial score (nSPS) is 23.7. The van der Waals surface area contributed by atoms with E-state index in [9.17, 15) is 4.39 Å².